The van der Waals surface area contributed by atoms with Crippen molar-refractivity contribution in [1.82, 2.24) is 5.32 Å². The Morgan fingerprint density at radius 1 is 1.32 bits per heavy atom. The number of ether oxygens (including phenoxy) is 1. The summed E-state index contributed by atoms with van der Waals surface area (Å²) in [5, 5.41) is 3.52. The molecule has 0 amide bonds. The third-order valence-corrected chi connectivity index (χ3v) is 3.61. The number of rotatable bonds is 5. The minimum atomic E-state index is -0.788. The average Bonchev–Trinajstić information content (AvgIpc) is 2.42. The first-order valence-corrected chi connectivity index (χ1v) is 6.95. The van der Waals surface area contributed by atoms with Gasteiger partial charge < -0.3 is 10.1 Å². The minimum absolute atomic E-state index is 0.324. The smallest absolute Gasteiger partial charge is 0.159 e. The summed E-state index contributed by atoms with van der Waals surface area (Å²) in [5.74, 6) is -1.23. The highest BCUT2D eigenvalue weighted by Gasteiger charge is 2.25. The summed E-state index contributed by atoms with van der Waals surface area (Å²) >= 11 is 0. The molecule has 2 atom stereocenters. The Balaban J connectivity index is 1.99. The Hall–Kier alpha value is -1.00. The lowest BCUT2D eigenvalue weighted by molar-refractivity contribution is 0.0322. The van der Waals surface area contributed by atoms with Crippen molar-refractivity contribution in [3.63, 3.8) is 0 Å². The summed E-state index contributed by atoms with van der Waals surface area (Å²) in [7, 11) is 0. The first-order valence-electron chi connectivity index (χ1n) is 6.95. The van der Waals surface area contributed by atoms with E-state index in [1.54, 1.807) is 6.07 Å². The number of hydrogen-bond donors (Lipinski definition) is 1. The Morgan fingerprint density at radius 3 is 2.89 bits per heavy atom. The highest BCUT2D eigenvalue weighted by Crippen LogP contribution is 2.21. The lowest BCUT2D eigenvalue weighted by Crippen LogP contribution is -2.44. The maximum absolute atomic E-state index is 13.2. The first kappa shape index (κ1) is 14.4. The van der Waals surface area contributed by atoms with Crippen molar-refractivity contribution in [2.75, 3.05) is 19.8 Å². The number of hydrogen-bond acceptors (Lipinski definition) is 2. The fourth-order valence-corrected chi connectivity index (χ4v) is 2.57. The van der Waals surface area contributed by atoms with Crippen LogP contribution in [0, 0.1) is 17.6 Å². The summed E-state index contributed by atoms with van der Waals surface area (Å²) in [6.07, 6.45) is 2.79. The number of benzene rings is 1. The Kier molecular flexibility index (Phi) is 5.28. The molecule has 2 nitrogen and oxygen atoms in total. The molecule has 0 radical (unpaired) electrons. The molecule has 1 N–H and O–H groups in total. The monoisotopic (exact) mass is 269 g/mol. The Labute approximate surface area is 113 Å². The molecule has 1 fully saturated rings. The van der Waals surface area contributed by atoms with Gasteiger partial charge in [-0.2, -0.15) is 0 Å². The van der Waals surface area contributed by atoms with Crippen molar-refractivity contribution in [2.24, 2.45) is 5.92 Å². The van der Waals surface area contributed by atoms with E-state index in [1.165, 1.54) is 12.1 Å². The number of nitrogens with one attached hydrogen (secondary N) is 1. The Bertz CT molecular complexity index is 411. The zero-order valence-electron chi connectivity index (χ0n) is 11.3. The zero-order chi connectivity index (χ0) is 13.7. The molecule has 0 saturated carbocycles. The summed E-state index contributed by atoms with van der Waals surface area (Å²) in [4.78, 5) is 0. The predicted molar refractivity (Wildman–Crippen MR) is 71.1 cm³/mol. The van der Waals surface area contributed by atoms with E-state index in [2.05, 4.69) is 12.2 Å². The van der Waals surface area contributed by atoms with Crippen LogP contribution >= 0.6 is 0 Å². The second kappa shape index (κ2) is 6.96. The lowest BCUT2D eigenvalue weighted by atomic mass is 9.89. The normalized spacial score (nSPS) is 23.5. The summed E-state index contributed by atoms with van der Waals surface area (Å²) < 4.78 is 31.6. The molecule has 0 spiro atoms. The van der Waals surface area contributed by atoms with Crippen LogP contribution in [0.3, 0.4) is 0 Å². The van der Waals surface area contributed by atoms with Crippen molar-refractivity contribution < 1.29 is 13.5 Å². The molecule has 0 bridgehead atoms. The van der Waals surface area contributed by atoms with Gasteiger partial charge in [0.15, 0.2) is 11.6 Å². The molecule has 19 heavy (non-hydrogen) atoms. The largest absolute Gasteiger partial charge is 0.381 e. The molecule has 0 aliphatic carbocycles. The molecule has 1 aromatic carbocycles. The molecule has 1 aromatic rings. The van der Waals surface area contributed by atoms with Gasteiger partial charge in [-0.1, -0.05) is 13.0 Å². The fraction of sp³-hybridized carbons (Fsp3) is 0.600. The lowest BCUT2D eigenvalue weighted by Gasteiger charge is -2.32. The van der Waals surface area contributed by atoms with Crippen LogP contribution in [0.5, 0.6) is 0 Å². The van der Waals surface area contributed by atoms with Gasteiger partial charge in [-0.25, -0.2) is 8.78 Å². The molecule has 2 unspecified atom stereocenters. The quantitative estimate of drug-likeness (QED) is 0.887. The van der Waals surface area contributed by atoms with E-state index in [-0.39, 0.29) is 0 Å². The predicted octanol–water partition coefficient (Wildman–Crippen LogP) is 2.91. The molecule has 106 valence electrons. The second-order valence-corrected chi connectivity index (χ2v) is 5.14. The van der Waals surface area contributed by atoms with Gasteiger partial charge in [0.05, 0.1) is 6.61 Å². The van der Waals surface area contributed by atoms with Gasteiger partial charge in [0.1, 0.15) is 0 Å². The third-order valence-electron chi connectivity index (χ3n) is 3.61. The van der Waals surface area contributed by atoms with Crippen LogP contribution < -0.4 is 5.32 Å². The van der Waals surface area contributed by atoms with Crippen LogP contribution in [0.15, 0.2) is 18.2 Å². The Morgan fingerprint density at radius 2 is 2.16 bits per heavy atom. The van der Waals surface area contributed by atoms with Crippen LogP contribution in [0.25, 0.3) is 0 Å². The fourth-order valence-electron chi connectivity index (χ4n) is 2.57. The molecule has 2 rings (SSSR count). The molecule has 1 aliphatic rings. The molecular weight excluding hydrogens is 248 g/mol. The highest BCUT2D eigenvalue weighted by atomic mass is 19.2. The van der Waals surface area contributed by atoms with Crippen LogP contribution in [0.4, 0.5) is 8.78 Å². The van der Waals surface area contributed by atoms with Gasteiger partial charge in [0.25, 0.3) is 0 Å². The maximum atomic E-state index is 13.2. The molecular formula is C15H21F2NO. The van der Waals surface area contributed by atoms with E-state index in [1.807, 2.05) is 0 Å². The van der Waals surface area contributed by atoms with Gasteiger partial charge in [0.2, 0.25) is 0 Å². The summed E-state index contributed by atoms with van der Waals surface area (Å²) in [6, 6.07) is 4.55. The van der Waals surface area contributed by atoms with E-state index < -0.39 is 11.6 Å². The van der Waals surface area contributed by atoms with Crippen LogP contribution in [-0.4, -0.2) is 25.8 Å². The topological polar surface area (TPSA) is 21.3 Å². The maximum Gasteiger partial charge on any atom is 0.159 e. The zero-order valence-corrected chi connectivity index (χ0v) is 11.3. The van der Waals surface area contributed by atoms with Crippen molar-refractivity contribution >= 4 is 0 Å². The molecule has 1 saturated heterocycles. The molecule has 4 heteroatoms. The van der Waals surface area contributed by atoms with Crippen LogP contribution in [0.1, 0.15) is 25.3 Å². The van der Waals surface area contributed by atoms with Gasteiger partial charge in [-0.05, 0) is 43.5 Å². The van der Waals surface area contributed by atoms with Crippen molar-refractivity contribution in [1.29, 1.82) is 0 Å². The van der Waals surface area contributed by atoms with E-state index in [0.29, 0.717) is 18.6 Å². The van der Waals surface area contributed by atoms with E-state index in [9.17, 15) is 8.78 Å². The molecule has 0 aromatic heterocycles. The SMILES string of the molecule is CCCNC1CCOCC1Cc1ccc(F)c(F)c1. The summed E-state index contributed by atoms with van der Waals surface area (Å²) in [6.45, 7) is 4.58. The van der Waals surface area contributed by atoms with Crippen molar-refractivity contribution in [3.8, 4) is 0 Å². The first-order chi connectivity index (χ1) is 9.20. The summed E-state index contributed by atoms with van der Waals surface area (Å²) in [5.41, 5.74) is 0.831. The standard InChI is InChI=1S/C15H21F2NO/c1-2-6-18-15-5-7-19-10-12(15)8-11-3-4-13(16)14(17)9-11/h3-4,9,12,15,18H,2,5-8,10H2,1H3. The van der Waals surface area contributed by atoms with E-state index in [0.717, 1.165) is 38.0 Å². The van der Waals surface area contributed by atoms with Gasteiger partial charge in [0, 0.05) is 18.6 Å². The van der Waals surface area contributed by atoms with Crippen molar-refractivity contribution in [3.05, 3.63) is 35.4 Å². The average molecular weight is 269 g/mol. The highest BCUT2D eigenvalue weighted by molar-refractivity contribution is 5.18. The van der Waals surface area contributed by atoms with Crippen LogP contribution in [-0.2, 0) is 11.2 Å². The van der Waals surface area contributed by atoms with E-state index in [4.69, 9.17) is 4.74 Å². The van der Waals surface area contributed by atoms with Gasteiger partial charge in [-0.3, -0.25) is 0 Å². The third kappa shape index (κ3) is 3.98. The number of halogens is 2. The van der Waals surface area contributed by atoms with Gasteiger partial charge in [-0.15, -0.1) is 0 Å². The van der Waals surface area contributed by atoms with Gasteiger partial charge >= 0.3 is 0 Å². The minimum Gasteiger partial charge on any atom is -0.381 e. The second-order valence-electron chi connectivity index (χ2n) is 5.14. The van der Waals surface area contributed by atoms with Crippen LogP contribution in [0.2, 0.25) is 0 Å². The molecule has 1 aliphatic heterocycles. The van der Waals surface area contributed by atoms with Crippen molar-refractivity contribution in [2.45, 2.75) is 32.2 Å². The molecule has 1 heterocycles. The van der Waals surface area contributed by atoms with E-state index >= 15 is 0 Å².